The summed E-state index contributed by atoms with van der Waals surface area (Å²) in [6.07, 6.45) is 4.08. The normalized spacial score (nSPS) is 18.5. The van der Waals surface area contributed by atoms with Crippen molar-refractivity contribution in [1.82, 2.24) is 4.98 Å². The molecule has 0 saturated carbocycles. The Morgan fingerprint density at radius 3 is 2.27 bits per heavy atom. The fraction of sp³-hybridized carbons (Fsp3) is 0.0870. The van der Waals surface area contributed by atoms with Crippen LogP contribution in [0.5, 0.6) is 0 Å². The van der Waals surface area contributed by atoms with E-state index in [2.05, 4.69) is 17.1 Å². The molecule has 8 aromatic rings. The molecule has 10 rings (SSSR count). The molecule has 232 valence electrons. The highest BCUT2D eigenvalue weighted by Crippen LogP contribution is 2.41. The van der Waals surface area contributed by atoms with Crippen molar-refractivity contribution in [1.29, 1.82) is 0 Å². The van der Waals surface area contributed by atoms with Gasteiger partial charge in [0, 0.05) is 32.6 Å². The molecule has 1 aliphatic heterocycles. The minimum absolute atomic E-state index is 0.0944. The maximum absolute atomic E-state index is 9.67. The quantitative estimate of drug-likeness (QED) is 0.173. The fourth-order valence-electron chi connectivity index (χ4n) is 6.99. The largest absolute Gasteiger partial charge is 0.254 e. The zero-order valence-electron chi connectivity index (χ0n) is 40.8. The first-order chi connectivity index (χ1) is 30.5. The van der Waals surface area contributed by atoms with Crippen LogP contribution < -0.4 is 10.4 Å². The summed E-state index contributed by atoms with van der Waals surface area (Å²) in [5.41, 5.74) is 4.94. The summed E-state index contributed by atoms with van der Waals surface area (Å²) < 4.78 is 134. The molecule has 3 heterocycles. The van der Waals surface area contributed by atoms with Gasteiger partial charge in [-0.1, -0.05) is 109 Å². The van der Waals surface area contributed by atoms with Crippen LogP contribution in [-0.4, -0.2) is 10.7 Å². The van der Waals surface area contributed by atoms with E-state index >= 15 is 0 Å². The number of benzene rings is 6. The standard InChI is InChI=1S/C46H32N2S/c1-2-13-34-32(9-1)28-41(39-17-6-4-14-36(34)39)44-25-24-43(49-44)33-11-7-10-31(27-33)35-21-22-40(38-16-5-3-15-37(35)38)42-23-20-30-19-18-29-12-8-26-47-45(29)46(30)48-42/h1-19,24-28H,20-23H2/i1D,2D,4D,6D,7D,9D,10D,11D,13D,14D,17D,24D,25D,27D,28D. The number of aromatic nitrogens is 1. The van der Waals surface area contributed by atoms with Crippen LogP contribution in [0.1, 0.15) is 51.0 Å². The molecule has 0 unspecified atom stereocenters. The highest BCUT2D eigenvalue weighted by atomic mass is 32.1. The molecule has 49 heavy (non-hydrogen) atoms. The third-order valence-corrected chi connectivity index (χ3v) is 10.3. The highest BCUT2D eigenvalue weighted by molar-refractivity contribution is 7.19. The Kier molecular flexibility index (Phi) is 4.03. The van der Waals surface area contributed by atoms with Gasteiger partial charge in [0.25, 0.3) is 0 Å². The summed E-state index contributed by atoms with van der Waals surface area (Å²) in [7, 11) is 0. The average Bonchev–Trinajstić information content (AvgIpc) is 3.58. The number of fused-ring (bicyclic) bond motifs is 7. The number of aliphatic imine (C=N–C) groups is 1. The van der Waals surface area contributed by atoms with Crippen molar-refractivity contribution in [2.75, 3.05) is 0 Å². The first-order valence-corrected chi connectivity index (χ1v) is 16.8. The van der Waals surface area contributed by atoms with Gasteiger partial charge in [-0.2, -0.15) is 0 Å². The monoisotopic (exact) mass is 659 g/mol. The third-order valence-electron chi connectivity index (χ3n) is 9.26. The van der Waals surface area contributed by atoms with Crippen LogP contribution in [-0.2, 0) is 6.42 Å². The van der Waals surface area contributed by atoms with Crippen LogP contribution >= 0.6 is 11.3 Å². The minimum Gasteiger partial charge on any atom is -0.254 e. The van der Waals surface area contributed by atoms with Crippen LogP contribution in [0.2, 0.25) is 0 Å². The topological polar surface area (TPSA) is 25.2 Å². The van der Waals surface area contributed by atoms with E-state index in [4.69, 9.17) is 18.7 Å². The zero-order valence-corrected chi connectivity index (χ0v) is 26.6. The smallest absolute Gasteiger partial charge is 0.0961 e. The van der Waals surface area contributed by atoms with Gasteiger partial charge < -0.3 is 0 Å². The van der Waals surface area contributed by atoms with Crippen LogP contribution in [0.25, 0.3) is 64.5 Å². The predicted molar refractivity (Wildman–Crippen MR) is 208 cm³/mol. The lowest BCUT2D eigenvalue weighted by Crippen LogP contribution is -2.35. The zero-order chi connectivity index (χ0) is 45.4. The Morgan fingerprint density at radius 2 is 1.35 bits per heavy atom. The van der Waals surface area contributed by atoms with E-state index in [-0.39, 0.29) is 60.1 Å². The molecule has 6 aromatic carbocycles. The van der Waals surface area contributed by atoms with Crippen molar-refractivity contribution in [2.24, 2.45) is 4.99 Å². The summed E-state index contributed by atoms with van der Waals surface area (Å²) in [5, 5.41) is 1.39. The summed E-state index contributed by atoms with van der Waals surface area (Å²) in [4.78, 5) is 9.55. The fourth-order valence-corrected chi connectivity index (χ4v) is 7.86. The van der Waals surface area contributed by atoms with E-state index in [1.54, 1.807) is 6.20 Å². The van der Waals surface area contributed by atoms with E-state index in [0.717, 1.165) is 50.3 Å². The second kappa shape index (κ2) is 11.5. The first kappa shape index (κ1) is 17.1. The summed E-state index contributed by atoms with van der Waals surface area (Å²) in [6.45, 7) is 0. The van der Waals surface area contributed by atoms with Gasteiger partial charge in [-0.25, -0.2) is 0 Å². The van der Waals surface area contributed by atoms with Gasteiger partial charge in [0.1, 0.15) is 0 Å². The number of rotatable bonds is 4. The molecule has 1 aliphatic carbocycles. The Bertz CT molecular complexity index is 3630. The molecule has 0 atom stereocenters. The van der Waals surface area contributed by atoms with Crippen LogP contribution in [0.3, 0.4) is 0 Å². The Balaban J connectivity index is 1.23. The summed E-state index contributed by atoms with van der Waals surface area (Å²) in [6, 6.07) is 7.25. The molecule has 0 amide bonds. The number of hydrogen-bond donors (Lipinski definition) is 0. The average molecular weight is 660 g/mol. The lowest BCUT2D eigenvalue weighted by atomic mass is 9.85. The van der Waals surface area contributed by atoms with Gasteiger partial charge in [0.2, 0.25) is 0 Å². The third kappa shape index (κ3) is 4.76. The van der Waals surface area contributed by atoms with E-state index in [1.807, 2.05) is 36.4 Å². The summed E-state index contributed by atoms with van der Waals surface area (Å²) in [5.74, 6) is 0. The van der Waals surface area contributed by atoms with Gasteiger partial charge in [-0.15, -0.1) is 11.3 Å². The summed E-state index contributed by atoms with van der Waals surface area (Å²) >= 11 is 0.712. The lowest BCUT2D eigenvalue weighted by molar-refractivity contribution is 0.992. The van der Waals surface area contributed by atoms with Crippen LogP contribution in [0.4, 0.5) is 5.69 Å². The molecule has 0 fully saturated rings. The molecular formula is C46H32N2S. The van der Waals surface area contributed by atoms with Crippen molar-refractivity contribution in [3.63, 3.8) is 0 Å². The van der Waals surface area contributed by atoms with Crippen molar-refractivity contribution in [3.05, 3.63) is 167 Å². The Morgan fingerprint density at radius 1 is 0.571 bits per heavy atom. The highest BCUT2D eigenvalue weighted by Gasteiger charge is 2.22. The molecule has 2 aromatic heterocycles. The number of aryl methyl sites for hydroxylation is 1. The SMILES string of the molecule is [2H]c1c(-c2c([2H])c([2H])c([2H])c(C3=c4ccccc4=C(C4=Nc5c(ccc6cccnc56)CC4)CC3)c2[2H])sc(-c2c([2H])c3c([2H])c([2H])c([2H])c([2H])c3c3c([2H])c([2H])c([2H])c([2H])c23)c1[2H]. The Hall–Kier alpha value is -5.64. The van der Waals surface area contributed by atoms with Crippen molar-refractivity contribution >= 4 is 66.3 Å². The number of hydrogen-bond acceptors (Lipinski definition) is 3. The molecule has 0 saturated heterocycles. The van der Waals surface area contributed by atoms with E-state index < -0.39 is 78.6 Å². The molecule has 0 spiro atoms. The number of pyridine rings is 1. The second-order valence-corrected chi connectivity index (χ2v) is 13.0. The van der Waals surface area contributed by atoms with Gasteiger partial charge in [0.05, 0.1) is 31.8 Å². The van der Waals surface area contributed by atoms with E-state index in [0.29, 0.717) is 36.2 Å². The van der Waals surface area contributed by atoms with Gasteiger partial charge in [-0.3, -0.25) is 9.98 Å². The molecule has 0 radical (unpaired) electrons. The van der Waals surface area contributed by atoms with E-state index in [1.165, 1.54) is 0 Å². The molecule has 0 bridgehead atoms. The maximum Gasteiger partial charge on any atom is 0.0961 e. The first-order valence-electron chi connectivity index (χ1n) is 23.4. The molecule has 3 heteroatoms. The van der Waals surface area contributed by atoms with Crippen molar-refractivity contribution in [2.45, 2.75) is 25.7 Å². The van der Waals surface area contributed by atoms with Gasteiger partial charge in [0.15, 0.2) is 0 Å². The number of nitrogens with zero attached hydrogens (tertiary/aromatic N) is 2. The van der Waals surface area contributed by atoms with Crippen molar-refractivity contribution < 1.29 is 20.6 Å². The van der Waals surface area contributed by atoms with Crippen LogP contribution in [0, 0.1) is 0 Å². The molecular weight excluding hydrogens is 613 g/mol. The second-order valence-electron chi connectivity index (χ2n) is 12.0. The van der Waals surface area contributed by atoms with Crippen LogP contribution in [0.15, 0.2) is 150 Å². The maximum atomic E-state index is 9.67. The number of thiophene rings is 1. The Labute approximate surface area is 310 Å². The minimum atomic E-state index is -0.680. The lowest BCUT2D eigenvalue weighted by Gasteiger charge is -2.22. The molecule has 0 N–H and O–H groups in total. The van der Waals surface area contributed by atoms with Gasteiger partial charge in [-0.05, 0) is 116 Å². The molecule has 2 nitrogen and oxygen atoms in total. The molecule has 2 aliphatic rings. The predicted octanol–water partition coefficient (Wildman–Crippen LogP) is 10.8. The van der Waals surface area contributed by atoms with Gasteiger partial charge >= 0.3 is 0 Å². The van der Waals surface area contributed by atoms with Crippen molar-refractivity contribution in [3.8, 4) is 20.9 Å². The van der Waals surface area contributed by atoms with E-state index in [9.17, 15) is 6.85 Å².